The molecular formula is C21H27N3O5S. The number of hydrazine groups is 1. The number of hydrogen-bond donors (Lipinski definition) is 3. The third-order valence-corrected chi connectivity index (χ3v) is 5.07. The minimum Gasteiger partial charge on any atom is -0.493 e. The van der Waals surface area contributed by atoms with E-state index in [9.17, 15) is 14.4 Å². The van der Waals surface area contributed by atoms with Crippen molar-refractivity contribution in [1.82, 2.24) is 16.2 Å². The highest BCUT2D eigenvalue weighted by Crippen LogP contribution is 2.28. The van der Waals surface area contributed by atoms with Crippen LogP contribution in [-0.2, 0) is 4.79 Å². The van der Waals surface area contributed by atoms with E-state index in [-0.39, 0.29) is 12.5 Å². The number of ether oxygens (including phenoxy) is 2. The lowest BCUT2D eigenvalue weighted by Gasteiger charge is -2.13. The second kappa shape index (κ2) is 11.2. The van der Waals surface area contributed by atoms with Crippen LogP contribution < -0.4 is 25.6 Å². The fourth-order valence-electron chi connectivity index (χ4n) is 2.38. The van der Waals surface area contributed by atoms with Gasteiger partial charge in [0.05, 0.1) is 25.1 Å². The number of methoxy groups -OCH3 is 1. The molecule has 2 aromatic rings. The van der Waals surface area contributed by atoms with Gasteiger partial charge in [0, 0.05) is 10.4 Å². The standard InChI is InChI=1S/C21H27N3O5S/c1-13(2)9-10-29-16-7-6-15(11-17(16)28-4)20(26)24-23-19(25)12-22-21(27)18-8-5-14(3)30-18/h5-8,11,13H,9-10,12H2,1-4H3,(H,22,27)(H,23,25)(H,24,26). The molecule has 0 aliphatic heterocycles. The zero-order valence-electron chi connectivity index (χ0n) is 17.5. The SMILES string of the molecule is COc1cc(C(=O)NNC(=O)CNC(=O)c2ccc(C)s2)ccc1OCCC(C)C. The highest BCUT2D eigenvalue weighted by molar-refractivity contribution is 7.13. The van der Waals surface area contributed by atoms with Gasteiger partial charge in [-0.1, -0.05) is 13.8 Å². The highest BCUT2D eigenvalue weighted by Gasteiger charge is 2.13. The predicted molar refractivity (Wildman–Crippen MR) is 115 cm³/mol. The second-order valence-electron chi connectivity index (χ2n) is 6.99. The van der Waals surface area contributed by atoms with Crippen molar-refractivity contribution in [1.29, 1.82) is 0 Å². The van der Waals surface area contributed by atoms with Gasteiger partial charge in [-0.2, -0.15) is 0 Å². The van der Waals surface area contributed by atoms with E-state index >= 15 is 0 Å². The average Bonchev–Trinajstić information content (AvgIpc) is 3.16. The lowest BCUT2D eigenvalue weighted by atomic mass is 10.1. The van der Waals surface area contributed by atoms with Crippen molar-refractivity contribution in [3.8, 4) is 11.5 Å². The summed E-state index contributed by atoms with van der Waals surface area (Å²) in [5.74, 6) is 0.0823. The van der Waals surface area contributed by atoms with E-state index in [1.807, 2.05) is 13.0 Å². The van der Waals surface area contributed by atoms with Gasteiger partial charge in [-0.3, -0.25) is 25.2 Å². The zero-order chi connectivity index (χ0) is 22.1. The molecule has 1 heterocycles. The van der Waals surface area contributed by atoms with Gasteiger partial charge in [0.1, 0.15) is 0 Å². The fraction of sp³-hybridized carbons (Fsp3) is 0.381. The van der Waals surface area contributed by atoms with Crippen molar-refractivity contribution >= 4 is 29.1 Å². The number of nitrogens with one attached hydrogen (secondary N) is 3. The summed E-state index contributed by atoms with van der Waals surface area (Å²) in [6.45, 7) is 6.39. The monoisotopic (exact) mass is 433 g/mol. The van der Waals surface area contributed by atoms with Gasteiger partial charge in [-0.25, -0.2) is 0 Å². The molecule has 0 saturated carbocycles. The summed E-state index contributed by atoms with van der Waals surface area (Å²) >= 11 is 1.34. The van der Waals surface area contributed by atoms with Gasteiger partial charge in [0.25, 0.3) is 17.7 Å². The quantitative estimate of drug-likeness (QED) is 0.527. The Morgan fingerprint density at radius 3 is 2.43 bits per heavy atom. The van der Waals surface area contributed by atoms with E-state index in [1.54, 1.807) is 18.2 Å². The van der Waals surface area contributed by atoms with E-state index in [4.69, 9.17) is 9.47 Å². The van der Waals surface area contributed by atoms with Crippen molar-refractivity contribution in [3.05, 3.63) is 45.6 Å². The van der Waals surface area contributed by atoms with Gasteiger partial charge in [-0.15, -0.1) is 11.3 Å². The Kier molecular flexibility index (Phi) is 8.67. The summed E-state index contributed by atoms with van der Waals surface area (Å²) in [5.41, 5.74) is 4.87. The van der Waals surface area contributed by atoms with Crippen molar-refractivity contribution in [2.45, 2.75) is 27.2 Å². The van der Waals surface area contributed by atoms with Gasteiger partial charge >= 0.3 is 0 Å². The number of carbonyl (C=O) groups is 3. The number of thiophene rings is 1. The molecule has 8 nitrogen and oxygen atoms in total. The van der Waals surface area contributed by atoms with Crippen LogP contribution in [0.1, 0.15) is 45.2 Å². The fourth-order valence-corrected chi connectivity index (χ4v) is 3.16. The Morgan fingerprint density at radius 1 is 1.03 bits per heavy atom. The Hall–Kier alpha value is -3.07. The number of hydrogen-bond acceptors (Lipinski definition) is 6. The third-order valence-electron chi connectivity index (χ3n) is 4.07. The molecular weight excluding hydrogens is 406 g/mol. The molecule has 0 unspecified atom stereocenters. The van der Waals surface area contributed by atoms with Crippen molar-refractivity contribution in [2.75, 3.05) is 20.3 Å². The van der Waals surface area contributed by atoms with E-state index in [0.29, 0.717) is 34.5 Å². The third kappa shape index (κ3) is 7.07. The first kappa shape index (κ1) is 23.2. The molecule has 162 valence electrons. The van der Waals surface area contributed by atoms with Gasteiger partial charge < -0.3 is 14.8 Å². The summed E-state index contributed by atoms with van der Waals surface area (Å²) in [6.07, 6.45) is 0.903. The number of aryl methyl sites for hydroxylation is 1. The summed E-state index contributed by atoms with van der Waals surface area (Å²) in [5, 5.41) is 2.50. The molecule has 9 heteroatoms. The smallest absolute Gasteiger partial charge is 0.269 e. The van der Waals surface area contributed by atoms with Gasteiger partial charge in [0.2, 0.25) is 0 Å². The van der Waals surface area contributed by atoms with Crippen LogP contribution in [0.2, 0.25) is 0 Å². The number of carbonyl (C=O) groups excluding carboxylic acids is 3. The maximum Gasteiger partial charge on any atom is 0.269 e. The van der Waals surface area contributed by atoms with Crippen molar-refractivity contribution in [2.24, 2.45) is 5.92 Å². The maximum atomic E-state index is 12.3. The minimum absolute atomic E-state index is 0.262. The number of rotatable bonds is 9. The normalized spacial score (nSPS) is 10.4. The van der Waals surface area contributed by atoms with Crippen molar-refractivity contribution in [3.63, 3.8) is 0 Å². The maximum absolute atomic E-state index is 12.3. The first-order chi connectivity index (χ1) is 14.3. The molecule has 0 aliphatic rings. The Bertz CT molecular complexity index is 895. The van der Waals surface area contributed by atoms with Crippen LogP contribution in [0.25, 0.3) is 0 Å². The molecule has 0 atom stereocenters. The van der Waals surface area contributed by atoms with Crippen LogP contribution >= 0.6 is 11.3 Å². The van der Waals surface area contributed by atoms with Gasteiger partial charge in [0.15, 0.2) is 11.5 Å². The van der Waals surface area contributed by atoms with Crippen LogP contribution in [0.5, 0.6) is 11.5 Å². The number of benzene rings is 1. The Balaban J connectivity index is 1.83. The molecule has 3 amide bonds. The Morgan fingerprint density at radius 2 is 1.80 bits per heavy atom. The first-order valence-electron chi connectivity index (χ1n) is 9.54. The Labute approximate surface area is 179 Å². The lowest BCUT2D eigenvalue weighted by molar-refractivity contribution is -0.120. The second-order valence-corrected chi connectivity index (χ2v) is 8.28. The first-order valence-corrected chi connectivity index (χ1v) is 10.4. The molecule has 3 N–H and O–H groups in total. The van der Waals surface area contributed by atoms with Crippen LogP contribution in [0.3, 0.4) is 0 Å². The summed E-state index contributed by atoms with van der Waals surface area (Å²) in [6, 6.07) is 8.29. The largest absolute Gasteiger partial charge is 0.493 e. The molecule has 30 heavy (non-hydrogen) atoms. The lowest BCUT2D eigenvalue weighted by Crippen LogP contribution is -2.46. The van der Waals surface area contributed by atoms with Crippen molar-refractivity contribution < 1.29 is 23.9 Å². The molecule has 0 saturated heterocycles. The van der Waals surface area contributed by atoms with Crippen LogP contribution in [-0.4, -0.2) is 38.0 Å². The van der Waals surface area contributed by atoms with Crippen LogP contribution in [0.4, 0.5) is 0 Å². The van der Waals surface area contributed by atoms with E-state index in [2.05, 4.69) is 30.0 Å². The molecule has 1 aromatic heterocycles. The summed E-state index contributed by atoms with van der Waals surface area (Å²) in [4.78, 5) is 37.6. The molecule has 0 spiro atoms. The number of amides is 3. The highest BCUT2D eigenvalue weighted by atomic mass is 32.1. The van der Waals surface area contributed by atoms with Gasteiger partial charge in [-0.05, 0) is 49.6 Å². The minimum atomic E-state index is -0.550. The molecule has 0 radical (unpaired) electrons. The summed E-state index contributed by atoms with van der Waals surface area (Å²) in [7, 11) is 1.49. The van der Waals surface area contributed by atoms with E-state index in [0.717, 1.165) is 11.3 Å². The van der Waals surface area contributed by atoms with Crippen LogP contribution in [0, 0.1) is 12.8 Å². The van der Waals surface area contributed by atoms with E-state index in [1.165, 1.54) is 24.5 Å². The predicted octanol–water partition coefficient (Wildman–Crippen LogP) is 2.68. The molecule has 1 aromatic carbocycles. The van der Waals surface area contributed by atoms with E-state index < -0.39 is 11.8 Å². The summed E-state index contributed by atoms with van der Waals surface area (Å²) < 4.78 is 11.0. The van der Waals surface area contributed by atoms with Crippen LogP contribution in [0.15, 0.2) is 30.3 Å². The molecule has 0 aliphatic carbocycles. The molecule has 2 rings (SSSR count). The zero-order valence-corrected chi connectivity index (χ0v) is 18.4. The topological polar surface area (TPSA) is 106 Å². The molecule has 0 bridgehead atoms. The molecule has 0 fully saturated rings. The average molecular weight is 434 g/mol.